The Morgan fingerprint density at radius 2 is 2.15 bits per heavy atom. The van der Waals surface area contributed by atoms with Crippen molar-refractivity contribution in [2.75, 3.05) is 7.11 Å². The molecule has 0 aliphatic rings. The molecule has 0 saturated carbocycles. The third-order valence-corrected chi connectivity index (χ3v) is 3.16. The van der Waals surface area contributed by atoms with Gasteiger partial charge in [-0.1, -0.05) is 0 Å². The van der Waals surface area contributed by atoms with Crippen molar-refractivity contribution in [1.29, 1.82) is 0 Å². The fourth-order valence-electron chi connectivity index (χ4n) is 1.76. The molecule has 2 N–H and O–H groups in total. The molecule has 7 heteroatoms. The van der Waals surface area contributed by atoms with Crippen molar-refractivity contribution in [3.63, 3.8) is 0 Å². The molecule has 0 aliphatic heterocycles. The first-order valence-corrected chi connectivity index (χ1v) is 6.52. The molecule has 2 heterocycles. The van der Waals surface area contributed by atoms with Crippen molar-refractivity contribution in [2.45, 2.75) is 0 Å². The van der Waals surface area contributed by atoms with Crippen LogP contribution in [-0.4, -0.2) is 27.4 Å². The molecule has 3 aromatic rings. The average molecular weight is 336 g/mol. The van der Waals surface area contributed by atoms with Gasteiger partial charge in [0.1, 0.15) is 0 Å². The SMILES string of the molecule is COc1cc(-c2n[nH]c(-c3ccc(Br)o3)n2)ccc1O. The van der Waals surface area contributed by atoms with E-state index in [1.807, 2.05) is 0 Å². The van der Waals surface area contributed by atoms with Crippen LogP contribution >= 0.6 is 15.9 Å². The molecule has 102 valence electrons. The molecular weight excluding hydrogens is 326 g/mol. The summed E-state index contributed by atoms with van der Waals surface area (Å²) < 4.78 is 11.1. The normalized spacial score (nSPS) is 10.7. The number of H-pyrrole nitrogens is 1. The Labute approximate surface area is 122 Å². The van der Waals surface area contributed by atoms with E-state index in [0.29, 0.717) is 27.8 Å². The number of hydrogen-bond donors (Lipinski definition) is 2. The first-order valence-electron chi connectivity index (χ1n) is 5.73. The predicted molar refractivity (Wildman–Crippen MR) is 75.4 cm³/mol. The summed E-state index contributed by atoms with van der Waals surface area (Å²) in [5.74, 6) is 2.04. The van der Waals surface area contributed by atoms with Crippen LogP contribution < -0.4 is 4.74 Å². The van der Waals surface area contributed by atoms with Gasteiger partial charge in [-0.25, -0.2) is 4.98 Å². The van der Waals surface area contributed by atoms with Crippen LogP contribution in [0.25, 0.3) is 23.0 Å². The van der Waals surface area contributed by atoms with Crippen molar-refractivity contribution in [3.8, 4) is 34.5 Å². The number of aromatic nitrogens is 3. The summed E-state index contributed by atoms with van der Waals surface area (Å²) in [6, 6.07) is 8.48. The molecule has 0 radical (unpaired) electrons. The number of ether oxygens (including phenoxy) is 1. The number of rotatable bonds is 3. The van der Waals surface area contributed by atoms with Gasteiger partial charge in [0.15, 0.2) is 33.6 Å². The molecule has 2 aromatic heterocycles. The number of nitrogens with zero attached hydrogens (tertiary/aromatic N) is 2. The number of aromatic hydroxyl groups is 1. The lowest BCUT2D eigenvalue weighted by Gasteiger charge is -2.03. The van der Waals surface area contributed by atoms with Gasteiger partial charge in [-0.2, -0.15) is 5.10 Å². The highest BCUT2D eigenvalue weighted by Crippen LogP contribution is 2.31. The molecule has 0 amide bonds. The van der Waals surface area contributed by atoms with Crippen LogP contribution in [0.3, 0.4) is 0 Å². The Kier molecular flexibility index (Phi) is 3.19. The highest BCUT2D eigenvalue weighted by molar-refractivity contribution is 9.10. The van der Waals surface area contributed by atoms with Gasteiger partial charge in [-0.05, 0) is 46.3 Å². The maximum Gasteiger partial charge on any atom is 0.192 e. The minimum atomic E-state index is 0.0713. The van der Waals surface area contributed by atoms with E-state index in [1.165, 1.54) is 13.2 Å². The lowest BCUT2D eigenvalue weighted by Crippen LogP contribution is -1.86. The zero-order valence-electron chi connectivity index (χ0n) is 10.4. The van der Waals surface area contributed by atoms with Crippen LogP contribution in [-0.2, 0) is 0 Å². The van der Waals surface area contributed by atoms with E-state index in [4.69, 9.17) is 9.15 Å². The Bertz CT molecular complexity index is 751. The number of phenolic OH excluding ortho intramolecular Hbond substituents is 1. The standard InChI is InChI=1S/C13H10BrN3O3/c1-19-10-6-7(2-3-8(10)18)12-15-13(17-16-12)9-4-5-11(14)20-9/h2-6,18H,1H3,(H,15,16,17). The van der Waals surface area contributed by atoms with Gasteiger partial charge in [-0.15, -0.1) is 0 Å². The van der Waals surface area contributed by atoms with Crippen LogP contribution in [0.2, 0.25) is 0 Å². The van der Waals surface area contributed by atoms with Crippen LogP contribution in [0, 0.1) is 0 Å². The highest BCUT2D eigenvalue weighted by Gasteiger charge is 2.12. The van der Waals surface area contributed by atoms with Gasteiger partial charge in [-0.3, -0.25) is 5.10 Å². The molecule has 6 nitrogen and oxygen atoms in total. The van der Waals surface area contributed by atoms with Crippen molar-refractivity contribution < 1.29 is 14.3 Å². The molecule has 0 saturated heterocycles. The second-order valence-electron chi connectivity index (χ2n) is 4.00. The van der Waals surface area contributed by atoms with E-state index in [1.54, 1.807) is 24.3 Å². The van der Waals surface area contributed by atoms with Gasteiger partial charge >= 0.3 is 0 Å². The quantitative estimate of drug-likeness (QED) is 0.767. The minimum Gasteiger partial charge on any atom is -0.504 e. The van der Waals surface area contributed by atoms with Gasteiger partial charge < -0.3 is 14.3 Å². The fraction of sp³-hybridized carbons (Fsp3) is 0.0769. The lowest BCUT2D eigenvalue weighted by atomic mass is 10.2. The van der Waals surface area contributed by atoms with Crippen LogP contribution in [0.15, 0.2) is 39.4 Å². The first kappa shape index (κ1) is 12.7. The number of nitrogens with one attached hydrogen (secondary N) is 1. The second-order valence-corrected chi connectivity index (χ2v) is 4.78. The summed E-state index contributed by atoms with van der Waals surface area (Å²) >= 11 is 3.23. The third kappa shape index (κ3) is 2.27. The summed E-state index contributed by atoms with van der Waals surface area (Å²) in [5.41, 5.74) is 0.729. The van der Waals surface area contributed by atoms with E-state index in [0.717, 1.165) is 5.56 Å². The zero-order chi connectivity index (χ0) is 14.1. The fourth-order valence-corrected chi connectivity index (χ4v) is 2.07. The van der Waals surface area contributed by atoms with Crippen molar-refractivity contribution in [1.82, 2.24) is 15.2 Å². The lowest BCUT2D eigenvalue weighted by molar-refractivity contribution is 0.373. The number of methoxy groups -OCH3 is 1. The second kappa shape index (κ2) is 5.01. The molecule has 0 fully saturated rings. The molecular formula is C13H10BrN3O3. The number of phenols is 1. The third-order valence-electron chi connectivity index (χ3n) is 2.73. The Morgan fingerprint density at radius 1 is 1.30 bits per heavy atom. The molecule has 0 bridgehead atoms. The monoisotopic (exact) mass is 335 g/mol. The van der Waals surface area contributed by atoms with E-state index >= 15 is 0 Å². The average Bonchev–Trinajstić information content (AvgIpc) is 3.08. The number of hydrogen-bond acceptors (Lipinski definition) is 5. The topological polar surface area (TPSA) is 84.2 Å². The molecule has 3 rings (SSSR count). The van der Waals surface area contributed by atoms with Crippen molar-refractivity contribution in [3.05, 3.63) is 35.0 Å². The van der Waals surface area contributed by atoms with Gasteiger partial charge in [0, 0.05) is 5.56 Å². The predicted octanol–water partition coefficient (Wildman–Crippen LogP) is 3.21. The number of furan rings is 1. The van der Waals surface area contributed by atoms with Crippen LogP contribution in [0.4, 0.5) is 0 Å². The maximum absolute atomic E-state index is 9.57. The molecule has 0 aliphatic carbocycles. The van der Waals surface area contributed by atoms with Crippen LogP contribution in [0.1, 0.15) is 0 Å². The van der Waals surface area contributed by atoms with E-state index in [2.05, 4.69) is 31.1 Å². The number of halogens is 1. The summed E-state index contributed by atoms with van der Waals surface area (Å²) in [6.45, 7) is 0. The maximum atomic E-state index is 9.57. The van der Waals surface area contributed by atoms with Crippen molar-refractivity contribution in [2.24, 2.45) is 0 Å². The summed E-state index contributed by atoms with van der Waals surface area (Å²) in [5, 5.41) is 16.5. The summed E-state index contributed by atoms with van der Waals surface area (Å²) in [6.07, 6.45) is 0. The molecule has 0 atom stereocenters. The molecule has 0 spiro atoms. The van der Waals surface area contributed by atoms with E-state index < -0.39 is 0 Å². The molecule has 20 heavy (non-hydrogen) atoms. The smallest absolute Gasteiger partial charge is 0.192 e. The molecule has 0 unspecified atom stereocenters. The largest absolute Gasteiger partial charge is 0.504 e. The zero-order valence-corrected chi connectivity index (χ0v) is 12.0. The number of aromatic amines is 1. The van der Waals surface area contributed by atoms with Crippen LogP contribution in [0.5, 0.6) is 11.5 Å². The Balaban J connectivity index is 1.97. The Hall–Kier alpha value is -2.28. The molecule has 1 aromatic carbocycles. The summed E-state index contributed by atoms with van der Waals surface area (Å²) in [7, 11) is 1.49. The van der Waals surface area contributed by atoms with Crippen molar-refractivity contribution >= 4 is 15.9 Å². The van der Waals surface area contributed by atoms with E-state index in [-0.39, 0.29) is 5.75 Å². The number of benzene rings is 1. The minimum absolute atomic E-state index is 0.0713. The Morgan fingerprint density at radius 3 is 2.85 bits per heavy atom. The highest BCUT2D eigenvalue weighted by atomic mass is 79.9. The van der Waals surface area contributed by atoms with E-state index in [9.17, 15) is 5.11 Å². The first-order chi connectivity index (χ1) is 9.67. The van der Waals surface area contributed by atoms with Gasteiger partial charge in [0.05, 0.1) is 7.11 Å². The van der Waals surface area contributed by atoms with Gasteiger partial charge in [0.2, 0.25) is 0 Å². The van der Waals surface area contributed by atoms with Gasteiger partial charge in [0.25, 0.3) is 0 Å². The summed E-state index contributed by atoms with van der Waals surface area (Å²) in [4.78, 5) is 4.35.